The fraction of sp³-hybridized carbons (Fsp3) is 0.250. The van der Waals surface area contributed by atoms with Crippen molar-refractivity contribution in [1.29, 1.82) is 0 Å². The zero-order valence-electron chi connectivity index (χ0n) is 24.7. The molecule has 1 aliphatic heterocycles. The summed E-state index contributed by atoms with van der Waals surface area (Å²) in [6.07, 6.45) is 4.56. The number of rotatable bonds is 9. The zero-order valence-corrected chi connectivity index (χ0v) is 25.5. The third-order valence-corrected chi connectivity index (χ3v) is 8.41. The number of methoxy groups -OCH3 is 2. The molecule has 12 heteroatoms. The minimum atomic E-state index is -0.850. The van der Waals surface area contributed by atoms with Crippen molar-refractivity contribution in [3.05, 3.63) is 71.8 Å². The molecule has 1 atom stereocenters. The molecule has 226 valence electrons. The topological polar surface area (TPSA) is 111 Å². The van der Waals surface area contributed by atoms with Crippen LogP contribution in [-0.4, -0.2) is 59.6 Å². The second-order valence-electron chi connectivity index (χ2n) is 10.5. The highest BCUT2D eigenvalue weighted by molar-refractivity contribution is 7.16. The number of hydrogen-bond donors (Lipinski definition) is 2. The van der Waals surface area contributed by atoms with E-state index in [0.29, 0.717) is 45.4 Å². The number of anilines is 3. The average Bonchev–Trinajstić information content (AvgIpc) is 3.66. The van der Waals surface area contributed by atoms with Crippen LogP contribution < -0.4 is 24.8 Å². The van der Waals surface area contributed by atoms with Crippen molar-refractivity contribution in [3.63, 3.8) is 0 Å². The number of carbonyl (C=O) groups excluding carboxylic acids is 1. The molecule has 1 saturated heterocycles. The monoisotopic (exact) mass is 614 g/mol. The molecule has 1 fully saturated rings. The average molecular weight is 615 g/mol. The van der Waals surface area contributed by atoms with Gasteiger partial charge in [-0.1, -0.05) is 0 Å². The first-order chi connectivity index (χ1) is 21.3. The van der Waals surface area contributed by atoms with Gasteiger partial charge in [0.1, 0.15) is 35.1 Å². The van der Waals surface area contributed by atoms with Gasteiger partial charge in [-0.25, -0.2) is 19.3 Å². The van der Waals surface area contributed by atoms with Crippen molar-refractivity contribution >= 4 is 55.6 Å². The van der Waals surface area contributed by atoms with Gasteiger partial charge in [0.25, 0.3) is 5.91 Å². The number of thiazole rings is 1. The lowest BCUT2D eigenvalue weighted by molar-refractivity contribution is -0.114. The van der Waals surface area contributed by atoms with Crippen LogP contribution in [0.2, 0.25) is 0 Å². The van der Waals surface area contributed by atoms with E-state index in [2.05, 4.69) is 25.6 Å². The van der Waals surface area contributed by atoms with Crippen molar-refractivity contribution in [3.8, 4) is 23.0 Å². The summed E-state index contributed by atoms with van der Waals surface area (Å²) >= 11 is 1.55. The van der Waals surface area contributed by atoms with Crippen LogP contribution in [-0.2, 0) is 4.79 Å². The van der Waals surface area contributed by atoms with Gasteiger partial charge < -0.3 is 24.8 Å². The van der Waals surface area contributed by atoms with Crippen LogP contribution >= 0.6 is 11.3 Å². The largest absolute Gasteiger partial charge is 0.494 e. The number of halogens is 1. The summed E-state index contributed by atoms with van der Waals surface area (Å²) in [6.45, 7) is 2.81. The van der Waals surface area contributed by atoms with E-state index in [1.54, 1.807) is 36.1 Å². The van der Waals surface area contributed by atoms with E-state index in [-0.39, 0.29) is 11.7 Å². The van der Waals surface area contributed by atoms with Crippen molar-refractivity contribution < 1.29 is 23.4 Å². The van der Waals surface area contributed by atoms with Gasteiger partial charge in [0, 0.05) is 29.6 Å². The first-order valence-corrected chi connectivity index (χ1v) is 14.9. The number of likely N-dealkylation sites (N-methyl/N-ethyl adjacent to an activating group) is 1. The van der Waals surface area contributed by atoms with Crippen LogP contribution in [0.4, 0.5) is 21.6 Å². The summed E-state index contributed by atoms with van der Waals surface area (Å²) in [5.74, 6) is 0.963. The quantitative estimate of drug-likeness (QED) is 0.170. The number of fused-ring (bicyclic) bond motifs is 2. The van der Waals surface area contributed by atoms with Gasteiger partial charge in [-0.15, -0.1) is 11.3 Å². The molecular weight excluding hydrogens is 583 g/mol. The molecular formula is C32H31FN6O4S. The Bertz CT molecular complexity index is 1890. The normalized spacial score (nSPS) is 15.5. The molecule has 0 saturated carbocycles. The Morgan fingerprint density at radius 1 is 1.02 bits per heavy atom. The maximum atomic E-state index is 14.9. The molecule has 2 N–H and O–H groups in total. The Morgan fingerprint density at radius 3 is 2.61 bits per heavy atom. The van der Waals surface area contributed by atoms with E-state index in [1.165, 1.54) is 19.5 Å². The molecule has 0 radical (unpaired) electrons. The Hall–Kier alpha value is -4.81. The van der Waals surface area contributed by atoms with E-state index in [1.807, 2.05) is 49.2 Å². The molecule has 5 aromatic rings. The van der Waals surface area contributed by atoms with Crippen LogP contribution in [0.15, 0.2) is 66.2 Å². The summed E-state index contributed by atoms with van der Waals surface area (Å²) in [6, 6.07) is 12.7. The molecule has 3 aromatic carbocycles. The van der Waals surface area contributed by atoms with Gasteiger partial charge in [0.2, 0.25) is 0 Å². The second-order valence-corrected chi connectivity index (χ2v) is 11.4. The molecule has 2 aromatic heterocycles. The van der Waals surface area contributed by atoms with Gasteiger partial charge in [-0.2, -0.15) is 0 Å². The molecule has 3 heterocycles. The minimum Gasteiger partial charge on any atom is -0.494 e. The van der Waals surface area contributed by atoms with E-state index < -0.39 is 11.7 Å². The summed E-state index contributed by atoms with van der Waals surface area (Å²) < 4.78 is 33.3. The number of nitrogens with one attached hydrogen (secondary N) is 2. The number of aromatic nitrogens is 3. The number of nitrogens with zero attached hydrogens (tertiary/aromatic N) is 4. The first-order valence-electron chi connectivity index (χ1n) is 14.0. The van der Waals surface area contributed by atoms with Gasteiger partial charge in [-0.05, 0) is 69.3 Å². The Morgan fingerprint density at radius 2 is 1.84 bits per heavy atom. The van der Waals surface area contributed by atoms with E-state index in [4.69, 9.17) is 14.2 Å². The van der Waals surface area contributed by atoms with Gasteiger partial charge in [0.15, 0.2) is 5.83 Å². The van der Waals surface area contributed by atoms with Crippen LogP contribution in [0.1, 0.15) is 18.4 Å². The molecule has 0 bridgehead atoms. The van der Waals surface area contributed by atoms with Gasteiger partial charge >= 0.3 is 0 Å². The molecule has 6 rings (SSSR count). The molecule has 1 aliphatic rings. The Kier molecular flexibility index (Phi) is 8.27. The third kappa shape index (κ3) is 5.99. The summed E-state index contributed by atoms with van der Waals surface area (Å²) in [5, 5.41) is 6.57. The maximum Gasteiger partial charge on any atom is 0.284 e. The number of carbonyl (C=O) groups is 1. The summed E-state index contributed by atoms with van der Waals surface area (Å²) in [4.78, 5) is 28.0. The van der Waals surface area contributed by atoms with Gasteiger partial charge in [0.05, 0.1) is 46.8 Å². The smallest absolute Gasteiger partial charge is 0.284 e. The highest BCUT2D eigenvalue weighted by Gasteiger charge is 2.22. The third-order valence-electron chi connectivity index (χ3n) is 7.62. The highest BCUT2D eigenvalue weighted by Crippen LogP contribution is 2.39. The van der Waals surface area contributed by atoms with Crippen molar-refractivity contribution in [2.75, 3.05) is 38.4 Å². The van der Waals surface area contributed by atoms with Crippen LogP contribution in [0.3, 0.4) is 0 Å². The number of likely N-dealkylation sites (tertiary alicyclic amines) is 1. The Labute approximate surface area is 257 Å². The molecule has 10 nitrogen and oxygen atoms in total. The molecule has 1 unspecified atom stereocenters. The lowest BCUT2D eigenvalue weighted by atomic mass is 10.1. The maximum absolute atomic E-state index is 14.9. The van der Waals surface area contributed by atoms with Crippen LogP contribution in [0, 0.1) is 6.92 Å². The van der Waals surface area contributed by atoms with Crippen molar-refractivity contribution in [1.82, 2.24) is 19.9 Å². The predicted octanol–water partition coefficient (Wildman–Crippen LogP) is 6.99. The lowest BCUT2D eigenvalue weighted by Crippen LogP contribution is -2.24. The van der Waals surface area contributed by atoms with E-state index in [0.717, 1.165) is 35.2 Å². The molecule has 0 aliphatic carbocycles. The fourth-order valence-corrected chi connectivity index (χ4v) is 5.93. The molecule has 0 spiro atoms. The highest BCUT2D eigenvalue weighted by atomic mass is 32.1. The van der Waals surface area contributed by atoms with Crippen LogP contribution in [0.25, 0.3) is 21.1 Å². The first kappa shape index (κ1) is 29.3. The number of hydrogen-bond acceptors (Lipinski definition) is 10. The number of aryl methyl sites for hydroxylation is 1. The number of ether oxygens (including phenoxy) is 3. The SMILES string of the molecule is COc1cc2ncnc(Nc3cc(C)c(Oc4ccc5ncsc5c4)cc3OC)c2cc1NC(=O)C(F)=CC1CCCN1C. The van der Waals surface area contributed by atoms with Crippen LogP contribution in [0.5, 0.6) is 23.0 Å². The predicted molar refractivity (Wildman–Crippen MR) is 170 cm³/mol. The van der Waals surface area contributed by atoms with E-state index in [9.17, 15) is 9.18 Å². The summed E-state index contributed by atoms with van der Waals surface area (Å²) in [5.41, 5.74) is 5.09. The number of amides is 1. The minimum absolute atomic E-state index is 0.110. The van der Waals surface area contributed by atoms with E-state index >= 15 is 0 Å². The molecule has 44 heavy (non-hydrogen) atoms. The van der Waals surface area contributed by atoms with Gasteiger partial charge in [-0.3, -0.25) is 9.69 Å². The number of benzene rings is 3. The fourth-order valence-electron chi connectivity index (χ4n) is 5.22. The Balaban J connectivity index is 1.28. The van der Waals surface area contributed by atoms with Crippen molar-refractivity contribution in [2.45, 2.75) is 25.8 Å². The lowest BCUT2D eigenvalue weighted by Gasteiger charge is -2.17. The van der Waals surface area contributed by atoms with Crippen molar-refractivity contribution in [2.24, 2.45) is 0 Å². The summed E-state index contributed by atoms with van der Waals surface area (Å²) in [7, 11) is 4.97. The second kappa shape index (κ2) is 12.4. The standard InChI is InChI=1S/C32H31FN6O4S/c1-18-10-25(29(42-4)15-27(18)43-20-7-8-23-30(12-20)44-17-36-23)37-31-21-13-26(28(41-3)14-24(21)34-16-35-31)38-32(40)22(33)11-19-6-5-9-39(19)2/h7-8,10-17,19H,5-6,9H2,1-4H3,(H,38,40)(H,34,35,37). The molecule has 1 amide bonds. The zero-order chi connectivity index (χ0) is 30.8.